The molecule has 17 heavy (non-hydrogen) atoms. The Morgan fingerprint density at radius 1 is 1.35 bits per heavy atom. The average molecular weight is 233 g/mol. The average Bonchev–Trinajstić information content (AvgIpc) is 2.30. The number of benzene rings is 1. The number of nitrogens with one attached hydrogen (secondary N) is 1. The highest BCUT2D eigenvalue weighted by Crippen LogP contribution is 2.10. The van der Waals surface area contributed by atoms with Crippen LogP contribution in [0.2, 0.25) is 0 Å². The van der Waals surface area contributed by atoms with E-state index in [0.717, 1.165) is 32.5 Å². The van der Waals surface area contributed by atoms with Crippen molar-refractivity contribution in [3.8, 4) is 0 Å². The van der Waals surface area contributed by atoms with E-state index >= 15 is 0 Å². The summed E-state index contributed by atoms with van der Waals surface area (Å²) in [5.74, 6) is 0. The molecule has 2 heteroatoms. The van der Waals surface area contributed by atoms with E-state index in [4.69, 9.17) is 4.74 Å². The standard InChI is InChI=1S/C15H23NO/c1-12-4-3-5-14(10-12)11-13(2)16-15-6-8-17-9-7-15/h3-5,10,13,15-16H,6-9,11H2,1-2H3. The summed E-state index contributed by atoms with van der Waals surface area (Å²) in [6, 6.07) is 9.98. The van der Waals surface area contributed by atoms with Crippen LogP contribution in [0.3, 0.4) is 0 Å². The maximum absolute atomic E-state index is 5.38. The predicted molar refractivity (Wildman–Crippen MR) is 71.3 cm³/mol. The summed E-state index contributed by atoms with van der Waals surface area (Å²) in [7, 11) is 0. The van der Waals surface area contributed by atoms with Crippen LogP contribution in [-0.2, 0) is 11.2 Å². The largest absolute Gasteiger partial charge is 0.381 e. The van der Waals surface area contributed by atoms with Gasteiger partial charge in [-0.2, -0.15) is 0 Å². The van der Waals surface area contributed by atoms with Crippen LogP contribution in [0.15, 0.2) is 24.3 Å². The lowest BCUT2D eigenvalue weighted by molar-refractivity contribution is 0.0755. The van der Waals surface area contributed by atoms with Crippen molar-refractivity contribution in [1.82, 2.24) is 5.32 Å². The zero-order valence-electron chi connectivity index (χ0n) is 10.9. The smallest absolute Gasteiger partial charge is 0.0480 e. The van der Waals surface area contributed by atoms with Gasteiger partial charge in [-0.25, -0.2) is 0 Å². The van der Waals surface area contributed by atoms with Gasteiger partial charge in [-0.3, -0.25) is 0 Å². The first-order valence-electron chi connectivity index (χ1n) is 6.63. The Balaban J connectivity index is 1.82. The van der Waals surface area contributed by atoms with Crippen LogP contribution in [0.25, 0.3) is 0 Å². The maximum atomic E-state index is 5.38. The molecule has 1 atom stereocenters. The van der Waals surface area contributed by atoms with Gasteiger partial charge in [0.15, 0.2) is 0 Å². The Labute approximate surface area is 104 Å². The number of aryl methyl sites for hydroxylation is 1. The van der Waals surface area contributed by atoms with Gasteiger partial charge in [0.05, 0.1) is 0 Å². The van der Waals surface area contributed by atoms with Gasteiger partial charge < -0.3 is 10.1 Å². The van der Waals surface area contributed by atoms with Crippen molar-refractivity contribution >= 4 is 0 Å². The Morgan fingerprint density at radius 3 is 2.82 bits per heavy atom. The summed E-state index contributed by atoms with van der Waals surface area (Å²) in [6.07, 6.45) is 3.41. The van der Waals surface area contributed by atoms with Gasteiger partial charge in [-0.15, -0.1) is 0 Å². The predicted octanol–water partition coefficient (Wildman–Crippen LogP) is 2.69. The molecule has 1 aliphatic rings. The van der Waals surface area contributed by atoms with Crippen molar-refractivity contribution in [2.24, 2.45) is 0 Å². The van der Waals surface area contributed by atoms with E-state index < -0.39 is 0 Å². The number of ether oxygens (including phenoxy) is 1. The maximum Gasteiger partial charge on any atom is 0.0480 e. The van der Waals surface area contributed by atoms with Crippen LogP contribution in [0.1, 0.15) is 30.9 Å². The highest BCUT2D eigenvalue weighted by molar-refractivity contribution is 5.22. The summed E-state index contributed by atoms with van der Waals surface area (Å²) in [4.78, 5) is 0. The lowest BCUT2D eigenvalue weighted by Gasteiger charge is -2.26. The van der Waals surface area contributed by atoms with Gasteiger partial charge in [0, 0.05) is 25.3 Å². The number of hydrogen-bond donors (Lipinski definition) is 1. The first-order chi connectivity index (χ1) is 8.24. The monoisotopic (exact) mass is 233 g/mol. The molecule has 0 radical (unpaired) electrons. The molecule has 0 amide bonds. The molecule has 1 fully saturated rings. The summed E-state index contributed by atoms with van der Waals surface area (Å²) in [5, 5.41) is 3.71. The molecule has 1 saturated heterocycles. The molecular weight excluding hydrogens is 210 g/mol. The number of rotatable bonds is 4. The second kappa shape index (κ2) is 6.18. The van der Waals surface area contributed by atoms with E-state index in [9.17, 15) is 0 Å². The minimum atomic E-state index is 0.542. The van der Waals surface area contributed by atoms with Crippen molar-refractivity contribution in [3.63, 3.8) is 0 Å². The minimum Gasteiger partial charge on any atom is -0.381 e. The first kappa shape index (κ1) is 12.6. The summed E-state index contributed by atoms with van der Waals surface area (Å²) < 4.78 is 5.38. The fourth-order valence-corrected chi connectivity index (χ4v) is 2.52. The zero-order chi connectivity index (χ0) is 12.1. The molecule has 1 aliphatic heterocycles. The van der Waals surface area contributed by atoms with Gasteiger partial charge in [0.1, 0.15) is 0 Å². The fraction of sp³-hybridized carbons (Fsp3) is 0.600. The van der Waals surface area contributed by atoms with Crippen molar-refractivity contribution in [2.75, 3.05) is 13.2 Å². The molecule has 94 valence electrons. The van der Waals surface area contributed by atoms with E-state index in [1.165, 1.54) is 11.1 Å². The van der Waals surface area contributed by atoms with E-state index in [1.807, 2.05) is 0 Å². The van der Waals surface area contributed by atoms with Crippen molar-refractivity contribution in [3.05, 3.63) is 35.4 Å². The SMILES string of the molecule is Cc1cccc(CC(C)NC2CCOCC2)c1. The molecular formula is C15H23NO. The van der Waals surface area contributed by atoms with Crippen LogP contribution >= 0.6 is 0 Å². The van der Waals surface area contributed by atoms with Crippen LogP contribution in [0.5, 0.6) is 0 Å². The summed E-state index contributed by atoms with van der Waals surface area (Å²) >= 11 is 0. The Morgan fingerprint density at radius 2 is 2.12 bits per heavy atom. The normalized spacial score (nSPS) is 19.2. The van der Waals surface area contributed by atoms with Crippen LogP contribution in [0, 0.1) is 6.92 Å². The van der Waals surface area contributed by atoms with Crippen LogP contribution in [0.4, 0.5) is 0 Å². The molecule has 1 N–H and O–H groups in total. The van der Waals surface area contributed by atoms with Gasteiger partial charge in [-0.1, -0.05) is 29.8 Å². The molecule has 1 aromatic rings. The van der Waals surface area contributed by atoms with Gasteiger partial charge >= 0.3 is 0 Å². The minimum absolute atomic E-state index is 0.542. The molecule has 2 nitrogen and oxygen atoms in total. The Kier molecular flexibility index (Phi) is 4.57. The second-order valence-corrected chi connectivity index (χ2v) is 5.15. The van der Waals surface area contributed by atoms with Crippen molar-refractivity contribution in [2.45, 2.75) is 45.2 Å². The lowest BCUT2D eigenvalue weighted by Crippen LogP contribution is -2.41. The third kappa shape index (κ3) is 4.14. The molecule has 2 rings (SSSR count). The lowest BCUT2D eigenvalue weighted by atomic mass is 10.0. The Bertz CT molecular complexity index is 345. The van der Waals surface area contributed by atoms with E-state index in [0.29, 0.717) is 12.1 Å². The Hall–Kier alpha value is -0.860. The highest BCUT2D eigenvalue weighted by Gasteiger charge is 2.15. The van der Waals surface area contributed by atoms with Gasteiger partial charge in [0.25, 0.3) is 0 Å². The highest BCUT2D eigenvalue weighted by atomic mass is 16.5. The van der Waals surface area contributed by atoms with Gasteiger partial charge in [-0.05, 0) is 38.7 Å². The molecule has 0 aliphatic carbocycles. The molecule has 1 heterocycles. The number of hydrogen-bond acceptors (Lipinski definition) is 2. The van der Waals surface area contributed by atoms with Crippen molar-refractivity contribution in [1.29, 1.82) is 0 Å². The topological polar surface area (TPSA) is 21.3 Å². The first-order valence-corrected chi connectivity index (χ1v) is 6.63. The molecule has 1 aromatic carbocycles. The second-order valence-electron chi connectivity index (χ2n) is 5.15. The fourth-order valence-electron chi connectivity index (χ4n) is 2.52. The molecule has 1 unspecified atom stereocenters. The quantitative estimate of drug-likeness (QED) is 0.863. The van der Waals surface area contributed by atoms with E-state index in [-0.39, 0.29) is 0 Å². The van der Waals surface area contributed by atoms with E-state index in [1.54, 1.807) is 0 Å². The molecule has 0 aromatic heterocycles. The van der Waals surface area contributed by atoms with Crippen LogP contribution < -0.4 is 5.32 Å². The summed E-state index contributed by atoms with van der Waals surface area (Å²) in [5.41, 5.74) is 2.78. The molecule has 0 saturated carbocycles. The third-order valence-corrected chi connectivity index (χ3v) is 3.37. The molecule has 0 bridgehead atoms. The summed E-state index contributed by atoms with van der Waals surface area (Å²) in [6.45, 7) is 6.25. The van der Waals surface area contributed by atoms with Crippen LogP contribution in [-0.4, -0.2) is 25.3 Å². The van der Waals surface area contributed by atoms with Gasteiger partial charge in [0.2, 0.25) is 0 Å². The van der Waals surface area contributed by atoms with Crippen molar-refractivity contribution < 1.29 is 4.74 Å². The third-order valence-electron chi connectivity index (χ3n) is 3.37. The zero-order valence-corrected chi connectivity index (χ0v) is 10.9. The molecule has 0 spiro atoms. The van der Waals surface area contributed by atoms with E-state index in [2.05, 4.69) is 43.4 Å².